The number of hydrogen-bond acceptors (Lipinski definition) is 4. The Morgan fingerprint density at radius 2 is 1.22 bits per heavy atom. The van der Waals surface area contributed by atoms with Gasteiger partial charge in [-0.15, -0.1) is 0 Å². The first-order chi connectivity index (χ1) is 15.3. The summed E-state index contributed by atoms with van der Waals surface area (Å²) in [4.78, 5) is 27.6. The smallest absolute Gasteiger partial charge is 0.412 e. The number of thiol groups is 1. The van der Waals surface area contributed by atoms with Gasteiger partial charge in [0.25, 0.3) is 0 Å². The van der Waals surface area contributed by atoms with E-state index in [1.165, 1.54) is 4.90 Å². The standard InChI is InChI=1S/C27H29NO3S/c1-26(2,3)31-25(30)28(24(19-29)20-32)27(21-13-7-4-8-14-21,22-15-9-5-10-16-22)23-17-11-6-12-18-23/h4-19,24,32H,20H2,1-3H3/t24-/m1/s1. The van der Waals surface area contributed by atoms with E-state index in [-0.39, 0.29) is 5.75 Å². The van der Waals surface area contributed by atoms with E-state index in [0.29, 0.717) is 0 Å². The average Bonchev–Trinajstić information content (AvgIpc) is 2.80. The van der Waals surface area contributed by atoms with E-state index < -0.39 is 23.3 Å². The highest BCUT2D eigenvalue weighted by Gasteiger charge is 2.49. The van der Waals surface area contributed by atoms with Crippen molar-refractivity contribution in [1.29, 1.82) is 0 Å². The second-order valence-corrected chi connectivity index (χ2v) is 8.91. The van der Waals surface area contributed by atoms with E-state index in [9.17, 15) is 9.59 Å². The van der Waals surface area contributed by atoms with Crippen molar-refractivity contribution in [3.05, 3.63) is 108 Å². The first kappa shape index (κ1) is 23.6. The van der Waals surface area contributed by atoms with Gasteiger partial charge in [-0.05, 0) is 37.5 Å². The van der Waals surface area contributed by atoms with E-state index in [1.807, 2.05) is 112 Å². The minimum atomic E-state index is -1.11. The van der Waals surface area contributed by atoms with Gasteiger partial charge in [0.2, 0.25) is 0 Å². The minimum absolute atomic E-state index is 0.150. The average molecular weight is 448 g/mol. The molecule has 3 aromatic carbocycles. The molecule has 0 aliphatic carbocycles. The molecule has 0 fully saturated rings. The minimum Gasteiger partial charge on any atom is -0.444 e. The van der Waals surface area contributed by atoms with Crippen LogP contribution in [0.2, 0.25) is 0 Å². The molecule has 0 heterocycles. The van der Waals surface area contributed by atoms with Gasteiger partial charge in [0, 0.05) is 5.75 Å². The molecule has 1 atom stereocenters. The van der Waals surface area contributed by atoms with Crippen LogP contribution < -0.4 is 0 Å². The second-order valence-electron chi connectivity index (χ2n) is 8.54. The van der Waals surface area contributed by atoms with Crippen molar-refractivity contribution in [2.24, 2.45) is 0 Å². The Balaban J connectivity index is 2.44. The highest BCUT2D eigenvalue weighted by atomic mass is 32.1. The summed E-state index contributed by atoms with van der Waals surface area (Å²) in [5, 5.41) is 0. The number of benzene rings is 3. The zero-order chi connectivity index (χ0) is 23.2. The molecule has 1 amide bonds. The number of nitrogens with zero attached hydrogens (tertiary/aromatic N) is 1. The van der Waals surface area contributed by atoms with Crippen molar-refractivity contribution >= 4 is 25.0 Å². The maximum atomic E-state index is 13.8. The third kappa shape index (κ3) is 4.73. The topological polar surface area (TPSA) is 46.6 Å². The number of rotatable bonds is 7. The van der Waals surface area contributed by atoms with Gasteiger partial charge in [0.1, 0.15) is 23.5 Å². The lowest BCUT2D eigenvalue weighted by atomic mass is 9.75. The van der Waals surface area contributed by atoms with Crippen LogP contribution in [-0.2, 0) is 15.1 Å². The fourth-order valence-corrected chi connectivity index (χ4v) is 4.22. The fourth-order valence-electron chi connectivity index (χ4n) is 3.97. The summed E-state index contributed by atoms with van der Waals surface area (Å²) in [6.45, 7) is 5.44. The van der Waals surface area contributed by atoms with Crippen LogP contribution in [0.1, 0.15) is 37.5 Å². The van der Waals surface area contributed by atoms with Gasteiger partial charge in [-0.3, -0.25) is 4.90 Å². The summed E-state index contributed by atoms with van der Waals surface area (Å²) in [6, 6.07) is 28.4. The number of amides is 1. The molecular weight excluding hydrogens is 418 g/mol. The number of carbonyl (C=O) groups is 2. The Bertz CT molecular complexity index is 920. The SMILES string of the molecule is CC(C)(C)OC(=O)N([C@H](C=O)CS)C(c1ccccc1)(c1ccccc1)c1ccccc1. The summed E-state index contributed by atoms with van der Waals surface area (Å²) < 4.78 is 5.85. The van der Waals surface area contributed by atoms with Crippen molar-refractivity contribution in [2.75, 3.05) is 5.75 Å². The highest BCUT2D eigenvalue weighted by molar-refractivity contribution is 7.80. The van der Waals surface area contributed by atoms with Gasteiger partial charge in [-0.25, -0.2) is 4.79 Å². The van der Waals surface area contributed by atoms with Crippen molar-refractivity contribution in [3.63, 3.8) is 0 Å². The van der Waals surface area contributed by atoms with Crippen molar-refractivity contribution in [2.45, 2.75) is 38.0 Å². The zero-order valence-corrected chi connectivity index (χ0v) is 19.5. The van der Waals surface area contributed by atoms with Crippen molar-refractivity contribution < 1.29 is 14.3 Å². The van der Waals surface area contributed by atoms with E-state index in [1.54, 1.807) is 0 Å². The summed E-state index contributed by atoms with van der Waals surface area (Å²) in [6.07, 6.45) is 0.181. The summed E-state index contributed by atoms with van der Waals surface area (Å²) in [7, 11) is 0. The third-order valence-electron chi connectivity index (χ3n) is 5.20. The maximum absolute atomic E-state index is 13.8. The molecular formula is C27H29NO3S. The Labute approximate surface area is 195 Å². The fraction of sp³-hybridized carbons (Fsp3) is 0.259. The predicted molar refractivity (Wildman–Crippen MR) is 131 cm³/mol. The molecule has 0 aliphatic heterocycles. The molecule has 0 saturated carbocycles. The Hall–Kier alpha value is -3.05. The number of hydrogen-bond donors (Lipinski definition) is 1. The monoisotopic (exact) mass is 447 g/mol. The molecule has 0 radical (unpaired) electrons. The highest BCUT2D eigenvalue weighted by Crippen LogP contribution is 2.44. The van der Waals surface area contributed by atoms with Crippen molar-refractivity contribution in [3.8, 4) is 0 Å². The molecule has 3 rings (SSSR count). The molecule has 166 valence electrons. The Kier molecular flexibility index (Phi) is 7.41. The molecule has 4 nitrogen and oxygen atoms in total. The molecule has 32 heavy (non-hydrogen) atoms. The quantitative estimate of drug-likeness (QED) is 0.287. The van der Waals surface area contributed by atoms with Gasteiger partial charge < -0.3 is 9.53 Å². The second kappa shape index (κ2) is 10.0. The van der Waals surface area contributed by atoms with Gasteiger partial charge in [-0.1, -0.05) is 91.0 Å². The molecule has 3 aromatic rings. The Morgan fingerprint density at radius 1 is 0.844 bits per heavy atom. The van der Waals surface area contributed by atoms with Gasteiger partial charge >= 0.3 is 6.09 Å². The molecule has 5 heteroatoms. The lowest BCUT2D eigenvalue weighted by Crippen LogP contribution is -2.58. The van der Waals surface area contributed by atoms with Crippen LogP contribution in [0.3, 0.4) is 0 Å². The summed E-state index contributed by atoms with van der Waals surface area (Å²) >= 11 is 4.43. The van der Waals surface area contributed by atoms with Crippen LogP contribution in [-0.4, -0.2) is 34.7 Å². The van der Waals surface area contributed by atoms with E-state index in [4.69, 9.17) is 4.74 Å². The molecule has 0 aromatic heterocycles. The van der Waals surface area contributed by atoms with Gasteiger partial charge in [0.15, 0.2) is 0 Å². The largest absolute Gasteiger partial charge is 0.444 e. The molecule has 0 spiro atoms. The lowest BCUT2D eigenvalue weighted by Gasteiger charge is -2.47. The predicted octanol–water partition coefficient (Wildman–Crippen LogP) is 5.71. The molecule has 0 N–H and O–H groups in total. The van der Waals surface area contributed by atoms with Crippen molar-refractivity contribution in [1.82, 2.24) is 4.90 Å². The van der Waals surface area contributed by atoms with Crippen LogP contribution in [0.5, 0.6) is 0 Å². The number of carbonyl (C=O) groups excluding carboxylic acids is 2. The molecule has 0 unspecified atom stereocenters. The zero-order valence-electron chi connectivity index (χ0n) is 18.6. The third-order valence-corrected chi connectivity index (χ3v) is 5.58. The van der Waals surface area contributed by atoms with E-state index in [0.717, 1.165) is 23.0 Å². The first-order valence-electron chi connectivity index (χ1n) is 10.6. The summed E-state index contributed by atoms with van der Waals surface area (Å²) in [5.74, 6) is 0.150. The number of ether oxygens (including phenoxy) is 1. The van der Waals surface area contributed by atoms with E-state index in [2.05, 4.69) is 12.6 Å². The molecule has 0 saturated heterocycles. The van der Waals surface area contributed by atoms with Crippen LogP contribution in [0, 0.1) is 0 Å². The maximum Gasteiger partial charge on any atom is 0.412 e. The molecule has 0 aliphatic rings. The van der Waals surface area contributed by atoms with Gasteiger partial charge in [0.05, 0.1) is 0 Å². The lowest BCUT2D eigenvalue weighted by molar-refractivity contribution is -0.113. The van der Waals surface area contributed by atoms with E-state index >= 15 is 0 Å². The molecule has 0 bridgehead atoms. The van der Waals surface area contributed by atoms with Gasteiger partial charge in [-0.2, -0.15) is 12.6 Å². The van der Waals surface area contributed by atoms with Crippen LogP contribution in [0.15, 0.2) is 91.0 Å². The Morgan fingerprint density at radius 3 is 1.50 bits per heavy atom. The number of aldehydes is 1. The first-order valence-corrected chi connectivity index (χ1v) is 11.2. The normalized spacial score (nSPS) is 12.6. The van der Waals surface area contributed by atoms with Crippen LogP contribution >= 0.6 is 12.6 Å². The van der Waals surface area contributed by atoms with Crippen LogP contribution in [0.25, 0.3) is 0 Å². The summed E-state index contributed by atoms with van der Waals surface area (Å²) in [5.41, 5.74) is 0.681. The van der Waals surface area contributed by atoms with Crippen LogP contribution in [0.4, 0.5) is 4.79 Å².